The molecule has 0 saturated carbocycles. The highest BCUT2D eigenvalue weighted by atomic mass is 35.5. The Morgan fingerprint density at radius 1 is 1.06 bits per heavy atom. The number of nitrogens with zero attached hydrogens (tertiary/aromatic N) is 5. The average Bonchev–Trinajstić information content (AvgIpc) is 3.24. The number of ether oxygens (including phenoxy) is 1. The SMILES string of the molecule is CNC1(OC(N)=O)CCN(c2ncnc3c2nc(-c2ccc(Cl)cc2Cl)n3-c2ccc(Cl)cc2)CC1. The van der Waals surface area contributed by atoms with Gasteiger partial charge in [-0.2, -0.15) is 0 Å². The Kier molecular flexibility index (Phi) is 6.65. The van der Waals surface area contributed by atoms with E-state index in [1.807, 2.05) is 22.8 Å². The van der Waals surface area contributed by atoms with Crippen LogP contribution in [-0.4, -0.2) is 51.5 Å². The number of hydrogen-bond donors (Lipinski definition) is 2. The van der Waals surface area contributed by atoms with Gasteiger partial charge in [0.1, 0.15) is 12.2 Å². The van der Waals surface area contributed by atoms with Gasteiger partial charge < -0.3 is 15.4 Å². The number of amides is 1. The average molecular weight is 547 g/mol. The van der Waals surface area contributed by atoms with Crippen molar-refractivity contribution < 1.29 is 9.53 Å². The van der Waals surface area contributed by atoms with Crippen LogP contribution in [0.2, 0.25) is 15.1 Å². The molecule has 0 spiro atoms. The molecule has 2 aromatic heterocycles. The molecular weight excluding hydrogens is 525 g/mol. The summed E-state index contributed by atoms with van der Waals surface area (Å²) in [5.74, 6) is 1.26. The number of hydrogen-bond acceptors (Lipinski definition) is 7. The third kappa shape index (κ3) is 4.55. The van der Waals surface area contributed by atoms with Crippen LogP contribution in [0, 0.1) is 0 Å². The zero-order valence-corrected chi connectivity index (χ0v) is 21.5. The maximum absolute atomic E-state index is 11.4. The number of halogens is 3. The summed E-state index contributed by atoms with van der Waals surface area (Å²) in [4.78, 5) is 27.6. The molecule has 36 heavy (non-hydrogen) atoms. The fraction of sp³-hybridized carbons (Fsp3) is 0.250. The van der Waals surface area contributed by atoms with Crippen LogP contribution < -0.4 is 16.0 Å². The van der Waals surface area contributed by atoms with Crippen molar-refractivity contribution in [3.8, 4) is 17.1 Å². The number of primary amides is 1. The first-order chi connectivity index (χ1) is 17.3. The van der Waals surface area contributed by atoms with E-state index in [1.165, 1.54) is 6.33 Å². The molecular formula is C24H22Cl3N7O2. The first-order valence-corrected chi connectivity index (χ1v) is 12.3. The number of nitrogens with one attached hydrogen (secondary N) is 1. The Labute approximate surface area is 222 Å². The third-order valence-electron chi connectivity index (χ3n) is 6.30. The molecule has 0 atom stereocenters. The van der Waals surface area contributed by atoms with Gasteiger partial charge in [-0.3, -0.25) is 9.88 Å². The number of imidazole rings is 1. The van der Waals surface area contributed by atoms with Crippen molar-refractivity contribution in [2.24, 2.45) is 5.73 Å². The number of carbonyl (C=O) groups excluding carboxylic acids is 1. The summed E-state index contributed by atoms with van der Waals surface area (Å²) in [7, 11) is 1.75. The smallest absolute Gasteiger partial charge is 0.406 e. The van der Waals surface area contributed by atoms with Gasteiger partial charge >= 0.3 is 6.09 Å². The van der Waals surface area contributed by atoms with E-state index in [1.54, 1.807) is 31.3 Å². The van der Waals surface area contributed by atoms with Crippen molar-refractivity contribution in [3.05, 3.63) is 63.9 Å². The molecule has 9 nitrogen and oxygen atoms in total. The lowest BCUT2D eigenvalue weighted by Crippen LogP contribution is -2.55. The Morgan fingerprint density at radius 3 is 2.39 bits per heavy atom. The highest BCUT2D eigenvalue weighted by Crippen LogP contribution is 2.37. The van der Waals surface area contributed by atoms with E-state index < -0.39 is 11.8 Å². The lowest BCUT2D eigenvalue weighted by molar-refractivity contribution is -0.0238. The molecule has 3 heterocycles. The van der Waals surface area contributed by atoms with Crippen LogP contribution in [0.15, 0.2) is 48.8 Å². The fourth-order valence-electron chi connectivity index (χ4n) is 4.47. The number of fused-ring (bicyclic) bond motifs is 1. The molecule has 4 aromatic rings. The number of piperidine rings is 1. The van der Waals surface area contributed by atoms with Crippen LogP contribution in [0.25, 0.3) is 28.2 Å². The van der Waals surface area contributed by atoms with Gasteiger partial charge in [-0.15, -0.1) is 0 Å². The molecule has 3 N–H and O–H groups in total. The number of rotatable bonds is 5. The van der Waals surface area contributed by atoms with E-state index in [9.17, 15) is 4.79 Å². The zero-order valence-electron chi connectivity index (χ0n) is 19.2. The molecule has 0 aliphatic carbocycles. The van der Waals surface area contributed by atoms with Crippen molar-refractivity contribution in [1.82, 2.24) is 24.8 Å². The molecule has 1 aliphatic rings. The van der Waals surface area contributed by atoms with Gasteiger partial charge in [0.15, 0.2) is 22.7 Å². The van der Waals surface area contributed by atoms with Gasteiger partial charge in [-0.1, -0.05) is 34.8 Å². The first kappa shape index (κ1) is 24.6. The second-order valence-corrected chi connectivity index (χ2v) is 9.67. The molecule has 1 saturated heterocycles. The van der Waals surface area contributed by atoms with Gasteiger partial charge in [0.05, 0.1) is 5.02 Å². The molecule has 0 bridgehead atoms. The van der Waals surface area contributed by atoms with E-state index in [4.69, 9.17) is 50.3 Å². The van der Waals surface area contributed by atoms with Crippen molar-refractivity contribution in [1.29, 1.82) is 0 Å². The predicted octanol–water partition coefficient (Wildman–Crippen LogP) is 5.05. The van der Waals surface area contributed by atoms with Crippen molar-refractivity contribution in [2.45, 2.75) is 18.6 Å². The van der Waals surface area contributed by atoms with Crippen LogP contribution in [0.3, 0.4) is 0 Å². The first-order valence-electron chi connectivity index (χ1n) is 11.2. The van der Waals surface area contributed by atoms with Crippen molar-refractivity contribution in [2.75, 3.05) is 25.0 Å². The Morgan fingerprint density at radius 2 is 1.75 bits per heavy atom. The maximum Gasteiger partial charge on any atom is 0.406 e. The molecule has 12 heteroatoms. The summed E-state index contributed by atoms with van der Waals surface area (Å²) in [6.07, 6.45) is 1.74. The lowest BCUT2D eigenvalue weighted by atomic mass is 10.0. The molecule has 1 amide bonds. The topological polar surface area (TPSA) is 111 Å². The van der Waals surface area contributed by atoms with Crippen LogP contribution in [-0.2, 0) is 4.74 Å². The van der Waals surface area contributed by atoms with Crippen LogP contribution >= 0.6 is 34.8 Å². The fourth-order valence-corrected chi connectivity index (χ4v) is 5.09. The van der Waals surface area contributed by atoms with Crippen molar-refractivity contribution in [3.63, 3.8) is 0 Å². The van der Waals surface area contributed by atoms with Gasteiger partial charge in [0.25, 0.3) is 0 Å². The standard InChI is InChI=1S/C24H22Cl3N7O2/c1-29-24(36-23(28)35)8-10-33(11-9-24)21-19-22(31-13-30-21)34(16-5-2-14(25)3-6-16)20(32-19)17-7-4-15(26)12-18(17)27/h2-7,12-13,29H,8-11H2,1H3,(H2,28,35). The number of anilines is 1. The predicted molar refractivity (Wildman–Crippen MR) is 141 cm³/mol. The molecule has 0 radical (unpaired) electrons. The summed E-state index contributed by atoms with van der Waals surface area (Å²) in [6, 6.07) is 12.7. The van der Waals surface area contributed by atoms with E-state index in [2.05, 4.69) is 20.2 Å². The molecule has 1 aliphatic heterocycles. The van der Waals surface area contributed by atoms with Gasteiger partial charge in [-0.25, -0.2) is 19.7 Å². The molecule has 2 aromatic carbocycles. The summed E-state index contributed by atoms with van der Waals surface area (Å²) in [6.45, 7) is 1.12. The number of carbonyl (C=O) groups is 1. The zero-order chi connectivity index (χ0) is 25.4. The Bertz CT molecular complexity index is 1430. The van der Waals surface area contributed by atoms with Gasteiger partial charge in [0, 0.05) is 47.2 Å². The van der Waals surface area contributed by atoms with Crippen molar-refractivity contribution >= 4 is 57.9 Å². The minimum atomic E-state index is -0.820. The largest absolute Gasteiger partial charge is 0.428 e. The molecule has 186 valence electrons. The summed E-state index contributed by atoms with van der Waals surface area (Å²) in [5, 5.41) is 4.69. The van der Waals surface area contributed by atoms with E-state index in [-0.39, 0.29) is 0 Å². The third-order valence-corrected chi connectivity index (χ3v) is 7.10. The monoisotopic (exact) mass is 545 g/mol. The van der Waals surface area contributed by atoms with Crippen LogP contribution in [0.1, 0.15) is 12.8 Å². The van der Waals surface area contributed by atoms with Crippen LogP contribution in [0.5, 0.6) is 0 Å². The molecule has 1 fully saturated rings. The quantitative estimate of drug-likeness (QED) is 0.337. The number of benzene rings is 2. The van der Waals surface area contributed by atoms with E-state index in [0.29, 0.717) is 69.4 Å². The second-order valence-electron chi connectivity index (χ2n) is 8.39. The minimum Gasteiger partial charge on any atom is -0.428 e. The number of nitrogens with two attached hydrogens (primary N) is 1. The minimum absolute atomic E-state index is 0.461. The summed E-state index contributed by atoms with van der Waals surface area (Å²) in [5.41, 5.74) is 7.21. The summed E-state index contributed by atoms with van der Waals surface area (Å²) < 4.78 is 7.30. The van der Waals surface area contributed by atoms with Crippen LogP contribution in [0.4, 0.5) is 10.6 Å². The molecule has 0 unspecified atom stereocenters. The van der Waals surface area contributed by atoms with Gasteiger partial charge in [-0.05, 0) is 49.5 Å². The van der Waals surface area contributed by atoms with E-state index >= 15 is 0 Å². The highest BCUT2D eigenvalue weighted by Gasteiger charge is 2.37. The lowest BCUT2D eigenvalue weighted by Gasteiger charge is -2.40. The normalized spacial score (nSPS) is 15.3. The highest BCUT2D eigenvalue weighted by molar-refractivity contribution is 6.36. The maximum atomic E-state index is 11.4. The molecule has 5 rings (SSSR count). The Balaban J connectivity index is 1.63. The summed E-state index contributed by atoms with van der Waals surface area (Å²) >= 11 is 18.9. The Hall–Kier alpha value is -3.11. The second kappa shape index (κ2) is 9.74. The van der Waals surface area contributed by atoms with Gasteiger partial charge in [0.2, 0.25) is 0 Å². The number of aromatic nitrogens is 4. The van der Waals surface area contributed by atoms with E-state index in [0.717, 1.165) is 5.69 Å².